The van der Waals surface area contributed by atoms with Crippen molar-refractivity contribution in [3.8, 4) is 5.75 Å². The third-order valence-electron chi connectivity index (χ3n) is 3.70. The number of methoxy groups -OCH3 is 1. The number of anilines is 2. The number of carbonyl (C=O) groups is 1. The Balaban J connectivity index is 2.02. The maximum atomic E-state index is 12.3. The number of aryl methyl sites for hydroxylation is 2. The van der Waals surface area contributed by atoms with Crippen LogP contribution in [0.5, 0.6) is 5.75 Å². The Kier molecular flexibility index (Phi) is 5.50. The molecule has 0 radical (unpaired) electrons. The molecule has 0 aliphatic heterocycles. The fourth-order valence-electron chi connectivity index (χ4n) is 2.14. The van der Waals surface area contributed by atoms with Gasteiger partial charge in [0.15, 0.2) is 0 Å². The summed E-state index contributed by atoms with van der Waals surface area (Å²) >= 11 is 6.09. The lowest BCUT2D eigenvalue weighted by Gasteiger charge is -2.16. The van der Waals surface area contributed by atoms with E-state index in [9.17, 15) is 4.79 Å². The van der Waals surface area contributed by atoms with Crippen molar-refractivity contribution >= 4 is 28.9 Å². The van der Waals surface area contributed by atoms with Gasteiger partial charge in [-0.2, -0.15) is 0 Å². The van der Waals surface area contributed by atoms with Gasteiger partial charge in [-0.1, -0.05) is 17.7 Å². The standard InChI is InChI=1S/C18H21ClN2O2/c1-11-5-6-14(9-12(11)2)21-18(22)13(3)20-15-7-8-17(23-4)16(19)10-15/h5-10,13,20H,1-4H3,(H,21,22)/t13-/m1/s1. The first-order valence-electron chi connectivity index (χ1n) is 7.39. The zero-order valence-corrected chi connectivity index (χ0v) is 14.5. The molecule has 0 unspecified atom stereocenters. The van der Waals surface area contributed by atoms with Crippen LogP contribution in [0.3, 0.4) is 0 Å². The predicted molar refractivity (Wildman–Crippen MR) is 95.6 cm³/mol. The smallest absolute Gasteiger partial charge is 0.246 e. The van der Waals surface area contributed by atoms with E-state index in [0.717, 1.165) is 16.9 Å². The molecule has 23 heavy (non-hydrogen) atoms. The molecule has 2 aromatic rings. The van der Waals surface area contributed by atoms with Gasteiger partial charge in [-0.05, 0) is 62.2 Å². The van der Waals surface area contributed by atoms with Crippen LogP contribution >= 0.6 is 11.6 Å². The number of benzene rings is 2. The van der Waals surface area contributed by atoms with Crippen LogP contribution in [-0.4, -0.2) is 19.1 Å². The summed E-state index contributed by atoms with van der Waals surface area (Å²) in [5.74, 6) is 0.490. The van der Waals surface area contributed by atoms with E-state index in [1.54, 1.807) is 26.2 Å². The summed E-state index contributed by atoms with van der Waals surface area (Å²) in [5.41, 5.74) is 3.89. The average Bonchev–Trinajstić information content (AvgIpc) is 2.51. The first kappa shape index (κ1) is 17.2. The topological polar surface area (TPSA) is 50.4 Å². The van der Waals surface area contributed by atoms with E-state index in [-0.39, 0.29) is 5.91 Å². The van der Waals surface area contributed by atoms with Gasteiger partial charge < -0.3 is 15.4 Å². The fraction of sp³-hybridized carbons (Fsp3) is 0.278. The van der Waals surface area contributed by atoms with Gasteiger partial charge in [0, 0.05) is 11.4 Å². The molecule has 0 fully saturated rings. The Hall–Kier alpha value is -2.20. The summed E-state index contributed by atoms with van der Waals surface area (Å²) in [7, 11) is 1.56. The van der Waals surface area contributed by atoms with Gasteiger partial charge in [-0.3, -0.25) is 4.79 Å². The second-order valence-electron chi connectivity index (χ2n) is 5.50. The molecule has 0 saturated heterocycles. The highest BCUT2D eigenvalue weighted by Gasteiger charge is 2.14. The van der Waals surface area contributed by atoms with Gasteiger partial charge in [0.1, 0.15) is 11.8 Å². The van der Waals surface area contributed by atoms with E-state index < -0.39 is 6.04 Å². The van der Waals surface area contributed by atoms with Gasteiger partial charge in [-0.25, -0.2) is 0 Å². The van der Waals surface area contributed by atoms with Crippen LogP contribution in [0.2, 0.25) is 5.02 Å². The summed E-state index contributed by atoms with van der Waals surface area (Å²) in [6.45, 7) is 5.86. The van der Waals surface area contributed by atoms with Crippen molar-refractivity contribution in [2.75, 3.05) is 17.7 Å². The number of ether oxygens (including phenoxy) is 1. The van der Waals surface area contributed by atoms with Crippen molar-refractivity contribution in [3.63, 3.8) is 0 Å². The zero-order chi connectivity index (χ0) is 17.0. The Morgan fingerprint density at radius 3 is 2.39 bits per heavy atom. The van der Waals surface area contributed by atoms with Crippen molar-refractivity contribution in [1.82, 2.24) is 0 Å². The van der Waals surface area contributed by atoms with Crippen molar-refractivity contribution in [2.24, 2.45) is 0 Å². The van der Waals surface area contributed by atoms with E-state index in [0.29, 0.717) is 10.8 Å². The van der Waals surface area contributed by atoms with E-state index in [4.69, 9.17) is 16.3 Å². The summed E-state index contributed by atoms with van der Waals surface area (Å²) in [4.78, 5) is 12.3. The van der Waals surface area contributed by atoms with Crippen molar-refractivity contribution in [3.05, 3.63) is 52.5 Å². The van der Waals surface area contributed by atoms with Crippen LogP contribution < -0.4 is 15.4 Å². The maximum Gasteiger partial charge on any atom is 0.246 e. The molecule has 0 aliphatic carbocycles. The molecule has 0 bridgehead atoms. The van der Waals surface area contributed by atoms with Gasteiger partial charge in [-0.15, -0.1) is 0 Å². The molecule has 2 rings (SSSR count). The summed E-state index contributed by atoms with van der Waals surface area (Å²) in [6.07, 6.45) is 0. The van der Waals surface area contributed by atoms with Gasteiger partial charge in [0.25, 0.3) is 0 Å². The van der Waals surface area contributed by atoms with Crippen molar-refractivity contribution in [2.45, 2.75) is 26.8 Å². The molecule has 5 heteroatoms. The molecule has 1 atom stereocenters. The lowest BCUT2D eigenvalue weighted by Crippen LogP contribution is -2.31. The fourth-order valence-corrected chi connectivity index (χ4v) is 2.40. The quantitative estimate of drug-likeness (QED) is 0.853. The third-order valence-corrected chi connectivity index (χ3v) is 4.00. The number of amides is 1. The minimum atomic E-state index is -0.402. The number of rotatable bonds is 5. The molecule has 0 aromatic heterocycles. The molecule has 122 valence electrons. The SMILES string of the molecule is COc1ccc(N[C@H](C)C(=O)Nc2ccc(C)c(C)c2)cc1Cl. The van der Waals surface area contributed by atoms with Crippen LogP contribution in [0.25, 0.3) is 0 Å². The third kappa shape index (κ3) is 4.39. The van der Waals surface area contributed by atoms with Crippen molar-refractivity contribution < 1.29 is 9.53 Å². The predicted octanol–water partition coefficient (Wildman–Crippen LogP) is 4.40. The Bertz CT molecular complexity index is 716. The second kappa shape index (κ2) is 7.38. The van der Waals surface area contributed by atoms with Gasteiger partial charge >= 0.3 is 0 Å². The Labute approximate surface area is 141 Å². The van der Waals surface area contributed by atoms with E-state index in [1.807, 2.05) is 38.1 Å². The molecule has 0 saturated carbocycles. The molecule has 0 spiro atoms. The summed E-state index contributed by atoms with van der Waals surface area (Å²) in [6, 6.07) is 10.8. The number of carbonyl (C=O) groups excluding carboxylic acids is 1. The molecular formula is C18H21ClN2O2. The van der Waals surface area contributed by atoms with Gasteiger partial charge in [0.05, 0.1) is 12.1 Å². The zero-order valence-electron chi connectivity index (χ0n) is 13.7. The van der Waals surface area contributed by atoms with E-state index >= 15 is 0 Å². The highest BCUT2D eigenvalue weighted by atomic mass is 35.5. The summed E-state index contributed by atoms with van der Waals surface area (Å²) in [5, 5.41) is 6.54. The van der Waals surface area contributed by atoms with Crippen LogP contribution in [0.1, 0.15) is 18.1 Å². The van der Waals surface area contributed by atoms with Crippen LogP contribution in [0, 0.1) is 13.8 Å². The molecule has 4 nitrogen and oxygen atoms in total. The lowest BCUT2D eigenvalue weighted by atomic mass is 10.1. The number of hydrogen-bond donors (Lipinski definition) is 2. The lowest BCUT2D eigenvalue weighted by molar-refractivity contribution is -0.116. The Morgan fingerprint density at radius 1 is 1.09 bits per heavy atom. The van der Waals surface area contributed by atoms with E-state index in [2.05, 4.69) is 10.6 Å². The normalized spacial score (nSPS) is 11.7. The van der Waals surface area contributed by atoms with Crippen molar-refractivity contribution in [1.29, 1.82) is 0 Å². The van der Waals surface area contributed by atoms with Crippen LogP contribution in [0.15, 0.2) is 36.4 Å². The van der Waals surface area contributed by atoms with Gasteiger partial charge in [0.2, 0.25) is 5.91 Å². The molecular weight excluding hydrogens is 312 g/mol. The highest BCUT2D eigenvalue weighted by Crippen LogP contribution is 2.27. The minimum absolute atomic E-state index is 0.111. The largest absolute Gasteiger partial charge is 0.495 e. The second-order valence-corrected chi connectivity index (χ2v) is 5.91. The minimum Gasteiger partial charge on any atom is -0.495 e. The first-order valence-corrected chi connectivity index (χ1v) is 7.76. The number of halogens is 1. The molecule has 2 aromatic carbocycles. The highest BCUT2D eigenvalue weighted by molar-refractivity contribution is 6.32. The first-order chi connectivity index (χ1) is 10.9. The van der Waals surface area contributed by atoms with Crippen LogP contribution in [0.4, 0.5) is 11.4 Å². The monoisotopic (exact) mass is 332 g/mol. The Morgan fingerprint density at radius 2 is 1.78 bits per heavy atom. The molecule has 0 heterocycles. The number of nitrogens with one attached hydrogen (secondary N) is 2. The average molecular weight is 333 g/mol. The number of hydrogen-bond acceptors (Lipinski definition) is 3. The molecule has 2 N–H and O–H groups in total. The summed E-state index contributed by atoms with van der Waals surface area (Å²) < 4.78 is 5.11. The molecule has 0 aliphatic rings. The molecule has 1 amide bonds. The maximum absolute atomic E-state index is 12.3. The van der Waals surface area contributed by atoms with Crippen LogP contribution in [-0.2, 0) is 4.79 Å². The van der Waals surface area contributed by atoms with E-state index in [1.165, 1.54) is 5.56 Å².